The summed E-state index contributed by atoms with van der Waals surface area (Å²) in [6.45, 7) is 2.27. The van der Waals surface area contributed by atoms with Crippen molar-refractivity contribution >= 4 is 16.8 Å². The summed E-state index contributed by atoms with van der Waals surface area (Å²) in [4.78, 5) is 22.1. The molecule has 0 spiro atoms. The molecule has 0 bridgehead atoms. The van der Waals surface area contributed by atoms with Crippen LogP contribution in [0.4, 0.5) is 5.69 Å². The van der Waals surface area contributed by atoms with Crippen molar-refractivity contribution in [2.75, 3.05) is 18.0 Å². The van der Waals surface area contributed by atoms with Gasteiger partial charge in [-0.25, -0.2) is 4.98 Å². The Morgan fingerprint density at radius 3 is 2.92 bits per heavy atom. The molecular formula is C19H17N5O2. The molecule has 0 fully saturated rings. The third-order valence-corrected chi connectivity index (χ3v) is 5.33. The molecule has 0 aromatic heterocycles. The second kappa shape index (κ2) is 5.75. The number of aryl methyl sites for hydroxylation is 2. The first-order chi connectivity index (χ1) is 12.7. The summed E-state index contributed by atoms with van der Waals surface area (Å²) in [5.74, 6) is 0.456. The number of fused-ring (bicyclic) bond motifs is 3. The van der Waals surface area contributed by atoms with Crippen LogP contribution < -0.4 is 10.3 Å². The maximum atomic E-state index is 12.0. The van der Waals surface area contributed by atoms with E-state index in [1.54, 1.807) is 0 Å². The summed E-state index contributed by atoms with van der Waals surface area (Å²) >= 11 is 0. The summed E-state index contributed by atoms with van der Waals surface area (Å²) in [6, 6.07) is 5.06. The minimum absolute atomic E-state index is 0.0860. The van der Waals surface area contributed by atoms with Gasteiger partial charge in [-0.2, -0.15) is 0 Å². The smallest absolute Gasteiger partial charge is 0.182 e. The van der Waals surface area contributed by atoms with Crippen molar-refractivity contribution in [3.8, 4) is 11.5 Å². The molecule has 26 heavy (non-hydrogen) atoms. The van der Waals surface area contributed by atoms with Gasteiger partial charge in [0, 0.05) is 35.3 Å². The minimum Gasteiger partial charge on any atom is -0.452 e. The average Bonchev–Trinajstić information content (AvgIpc) is 2.65. The van der Waals surface area contributed by atoms with Crippen molar-refractivity contribution in [3.63, 3.8) is 0 Å². The fourth-order valence-corrected chi connectivity index (χ4v) is 4.31. The lowest BCUT2D eigenvalue weighted by atomic mass is 9.91. The molecule has 7 heteroatoms. The van der Waals surface area contributed by atoms with E-state index < -0.39 is 0 Å². The highest BCUT2D eigenvalue weighted by atomic mass is 16.3. The molecular weight excluding hydrogens is 330 g/mol. The van der Waals surface area contributed by atoms with Gasteiger partial charge in [0.25, 0.3) is 0 Å². The van der Waals surface area contributed by atoms with Crippen LogP contribution in [0.1, 0.15) is 29.5 Å². The number of azide groups is 1. The van der Waals surface area contributed by atoms with E-state index in [9.17, 15) is 4.79 Å². The molecule has 1 aliphatic carbocycles. The van der Waals surface area contributed by atoms with Crippen LogP contribution in [0.5, 0.6) is 0 Å². The van der Waals surface area contributed by atoms with Crippen LogP contribution in [0.25, 0.3) is 33.0 Å². The molecule has 3 aliphatic heterocycles. The van der Waals surface area contributed by atoms with Gasteiger partial charge in [0.15, 0.2) is 16.8 Å². The first-order valence-corrected chi connectivity index (χ1v) is 8.92. The van der Waals surface area contributed by atoms with Crippen LogP contribution in [0.3, 0.4) is 0 Å². The number of anilines is 1. The molecule has 0 N–H and O–H groups in total. The van der Waals surface area contributed by atoms with Gasteiger partial charge < -0.3 is 9.32 Å². The SMILES string of the molecule is [N-]=[N+]=NCc1cc(=O)cc2oc3c4c5c(cc3nc1-2)CCCN5CCC4. The topological polar surface area (TPSA) is 95.1 Å². The molecule has 7 nitrogen and oxygen atoms in total. The Morgan fingerprint density at radius 2 is 2.08 bits per heavy atom. The highest BCUT2D eigenvalue weighted by Crippen LogP contribution is 2.41. The molecule has 0 saturated carbocycles. The Balaban J connectivity index is 1.83. The van der Waals surface area contributed by atoms with Crippen LogP contribution in [0, 0.1) is 0 Å². The van der Waals surface area contributed by atoms with Gasteiger partial charge in [-0.1, -0.05) is 5.11 Å². The first-order valence-electron chi connectivity index (χ1n) is 8.92. The monoisotopic (exact) mass is 347 g/mol. The maximum Gasteiger partial charge on any atom is 0.182 e. The van der Waals surface area contributed by atoms with E-state index in [1.807, 2.05) is 0 Å². The Kier molecular flexibility index (Phi) is 3.36. The van der Waals surface area contributed by atoms with E-state index in [0.717, 1.165) is 49.9 Å². The van der Waals surface area contributed by atoms with Gasteiger partial charge >= 0.3 is 0 Å². The standard InChI is InChI=1S/C19H17N5O2/c20-23-21-10-12-7-13(25)9-16-17(12)22-15-8-11-3-1-5-24-6-2-4-14(18(11)24)19(15)26-16/h7-9H,1-6,10H2. The zero-order chi connectivity index (χ0) is 17.7. The number of rotatable bonds is 2. The minimum atomic E-state index is -0.168. The molecule has 1 aromatic carbocycles. The molecule has 4 aliphatic rings. The van der Waals surface area contributed by atoms with E-state index in [4.69, 9.17) is 14.9 Å². The lowest BCUT2D eigenvalue weighted by Gasteiger charge is -2.37. The second-order valence-electron chi connectivity index (χ2n) is 6.94. The van der Waals surface area contributed by atoms with E-state index >= 15 is 0 Å². The van der Waals surface area contributed by atoms with Crippen molar-refractivity contribution in [2.24, 2.45) is 5.11 Å². The quantitative estimate of drug-likeness (QED) is 0.305. The third-order valence-electron chi connectivity index (χ3n) is 5.33. The number of benzene rings is 2. The fraction of sp³-hybridized carbons (Fsp3) is 0.368. The second-order valence-corrected chi connectivity index (χ2v) is 6.94. The molecule has 0 saturated heterocycles. The van der Waals surface area contributed by atoms with Gasteiger partial charge in [-0.15, -0.1) is 0 Å². The van der Waals surface area contributed by atoms with E-state index in [-0.39, 0.29) is 12.0 Å². The largest absolute Gasteiger partial charge is 0.452 e. The Bertz CT molecular complexity index is 1110. The van der Waals surface area contributed by atoms with E-state index in [0.29, 0.717) is 17.0 Å². The Hall–Kier alpha value is -3.05. The zero-order valence-electron chi connectivity index (χ0n) is 14.2. The van der Waals surface area contributed by atoms with Crippen LogP contribution in [-0.2, 0) is 19.4 Å². The van der Waals surface area contributed by atoms with Crippen LogP contribution in [0.2, 0.25) is 0 Å². The molecule has 0 amide bonds. The molecule has 0 atom stereocenters. The van der Waals surface area contributed by atoms with Gasteiger partial charge in [0.1, 0.15) is 11.2 Å². The summed E-state index contributed by atoms with van der Waals surface area (Å²) < 4.78 is 6.19. The Morgan fingerprint density at radius 1 is 1.23 bits per heavy atom. The summed E-state index contributed by atoms with van der Waals surface area (Å²) in [7, 11) is 0. The predicted octanol–water partition coefficient (Wildman–Crippen LogP) is 3.80. The van der Waals surface area contributed by atoms with Crippen LogP contribution >= 0.6 is 0 Å². The first kappa shape index (κ1) is 15.2. The normalized spacial score (nSPS) is 15.8. The maximum absolute atomic E-state index is 12.0. The molecule has 1 aromatic rings. The Labute approximate surface area is 149 Å². The van der Waals surface area contributed by atoms with E-state index in [2.05, 4.69) is 21.0 Å². The number of hydrogen-bond donors (Lipinski definition) is 0. The van der Waals surface area contributed by atoms with Crippen LogP contribution in [0.15, 0.2) is 32.5 Å². The number of hydrogen-bond acceptors (Lipinski definition) is 5. The number of aromatic nitrogens is 1. The van der Waals surface area contributed by atoms with Crippen molar-refractivity contribution < 1.29 is 4.42 Å². The molecule has 0 radical (unpaired) electrons. The van der Waals surface area contributed by atoms with Gasteiger partial charge in [0.2, 0.25) is 0 Å². The molecule has 130 valence electrons. The lowest BCUT2D eigenvalue weighted by Crippen LogP contribution is -2.34. The zero-order valence-corrected chi connectivity index (χ0v) is 14.2. The molecule has 5 rings (SSSR count). The van der Waals surface area contributed by atoms with Crippen molar-refractivity contribution in [1.29, 1.82) is 0 Å². The molecule has 3 heterocycles. The van der Waals surface area contributed by atoms with Crippen molar-refractivity contribution in [3.05, 3.63) is 55.6 Å². The summed E-state index contributed by atoms with van der Waals surface area (Å²) in [6.07, 6.45) is 4.28. The van der Waals surface area contributed by atoms with Crippen LogP contribution in [-0.4, -0.2) is 18.1 Å². The average molecular weight is 347 g/mol. The van der Waals surface area contributed by atoms with Gasteiger partial charge in [0.05, 0.1) is 6.54 Å². The summed E-state index contributed by atoms with van der Waals surface area (Å²) in [5.41, 5.74) is 15.1. The fourth-order valence-electron chi connectivity index (χ4n) is 4.31. The van der Waals surface area contributed by atoms with Crippen molar-refractivity contribution in [1.82, 2.24) is 4.98 Å². The van der Waals surface area contributed by atoms with Gasteiger partial charge in [-0.3, -0.25) is 4.79 Å². The lowest BCUT2D eigenvalue weighted by molar-refractivity contribution is 0.588. The van der Waals surface area contributed by atoms with Gasteiger partial charge in [-0.05, 0) is 54.5 Å². The molecule has 0 unspecified atom stereocenters. The van der Waals surface area contributed by atoms with Crippen molar-refractivity contribution in [2.45, 2.75) is 32.2 Å². The highest BCUT2D eigenvalue weighted by molar-refractivity contribution is 5.88. The number of nitrogens with zero attached hydrogens (tertiary/aromatic N) is 5. The summed E-state index contributed by atoms with van der Waals surface area (Å²) in [5, 5.41) is 3.59. The third kappa shape index (κ3) is 2.24. The van der Waals surface area contributed by atoms with E-state index in [1.165, 1.54) is 28.9 Å². The predicted molar refractivity (Wildman–Crippen MR) is 98.6 cm³/mol. The highest BCUT2D eigenvalue weighted by Gasteiger charge is 2.28.